The number of para-hydroxylation sites is 4. The Hall–Kier alpha value is -8.48. The smallest absolute Gasteiger partial charge is 0.214 e. The first-order valence-electron chi connectivity index (χ1n) is 24.0. The number of hydrogen-bond donors (Lipinski definition) is 4. The van der Waals surface area contributed by atoms with Gasteiger partial charge >= 0.3 is 0 Å². The first kappa shape index (κ1) is 39.8. The molecule has 0 fully saturated rings. The molecule has 0 atom stereocenters. The van der Waals surface area contributed by atoms with Gasteiger partial charge in [-0.2, -0.15) is 9.13 Å². The number of aromatic nitrogens is 6. The lowest BCUT2D eigenvalue weighted by Gasteiger charge is -2.15. The van der Waals surface area contributed by atoms with Crippen LogP contribution in [0.5, 0.6) is 0 Å². The lowest BCUT2D eigenvalue weighted by molar-refractivity contribution is -0.689. The fraction of sp³-hybridized carbons (Fsp3) is 0.0968. The van der Waals surface area contributed by atoms with Gasteiger partial charge in [-0.15, -0.1) is 0 Å². The van der Waals surface area contributed by atoms with Crippen LogP contribution in [0, 0.1) is 0 Å². The van der Waals surface area contributed by atoms with E-state index in [9.17, 15) is 0 Å². The normalized spacial score (nSPS) is 13.9. The molecule has 0 radical (unpaired) electrons. The van der Waals surface area contributed by atoms with Crippen LogP contribution in [0.15, 0.2) is 158 Å². The van der Waals surface area contributed by atoms with E-state index in [0.29, 0.717) is 0 Å². The van der Waals surface area contributed by atoms with Crippen LogP contribution < -0.4 is 9.13 Å². The van der Waals surface area contributed by atoms with E-state index in [4.69, 9.17) is 0 Å². The molecular formula is C62H50N6+2. The van der Waals surface area contributed by atoms with E-state index in [1.54, 1.807) is 0 Å². The number of rotatable bonds is 8. The van der Waals surface area contributed by atoms with Gasteiger partial charge in [-0.3, -0.25) is 0 Å². The van der Waals surface area contributed by atoms with Gasteiger partial charge in [0, 0.05) is 94.1 Å². The minimum absolute atomic E-state index is 0.920. The Labute approximate surface area is 395 Å². The second-order valence-corrected chi connectivity index (χ2v) is 18.4. The molecule has 0 amide bonds. The quantitative estimate of drug-likeness (QED) is 0.110. The number of fused-ring (bicyclic) bond motifs is 11. The molecular weight excluding hydrogens is 829 g/mol. The molecule has 13 rings (SSSR count). The Morgan fingerprint density at radius 2 is 0.676 bits per heavy atom. The van der Waals surface area contributed by atoms with Gasteiger partial charge in [-0.05, 0) is 129 Å². The van der Waals surface area contributed by atoms with Crippen molar-refractivity contribution < 1.29 is 9.13 Å². The lowest BCUT2D eigenvalue weighted by Crippen LogP contribution is -2.40. The monoisotopic (exact) mass is 878 g/mol. The Balaban J connectivity index is 1.000. The molecule has 2 aliphatic heterocycles. The van der Waals surface area contributed by atoms with E-state index in [0.717, 1.165) is 94.7 Å². The maximum atomic E-state index is 3.64. The zero-order valence-electron chi connectivity index (χ0n) is 37.8. The van der Waals surface area contributed by atoms with Crippen molar-refractivity contribution in [1.29, 1.82) is 0 Å². The third-order valence-corrected chi connectivity index (χ3v) is 14.0. The molecule has 68 heavy (non-hydrogen) atoms. The van der Waals surface area contributed by atoms with E-state index < -0.39 is 0 Å². The van der Waals surface area contributed by atoms with Crippen LogP contribution in [0.3, 0.4) is 0 Å². The van der Waals surface area contributed by atoms with E-state index >= 15 is 0 Å². The molecule has 0 unspecified atom stereocenters. The Kier molecular flexibility index (Phi) is 9.81. The highest BCUT2D eigenvalue weighted by Gasteiger charge is 2.34. The minimum Gasteiger partial charge on any atom is -0.355 e. The van der Waals surface area contributed by atoms with Gasteiger partial charge in [0.2, 0.25) is 22.8 Å². The van der Waals surface area contributed by atoms with Crippen molar-refractivity contribution in [2.24, 2.45) is 0 Å². The molecule has 5 aromatic carbocycles. The van der Waals surface area contributed by atoms with Crippen LogP contribution in [0.25, 0.3) is 115 Å². The summed E-state index contributed by atoms with van der Waals surface area (Å²) >= 11 is 0. The third-order valence-electron chi connectivity index (χ3n) is 14.0. The van der Waals surface area contributed by atoms with Crippen LogP contribution in [-0.4, -0.2) is 19.9 Å². The summed E-state index contributed by atoms with van der Waals surface area (Å²) in [5.74, 6) is 0. The van der Waals surface area contributed by atoms with Crippen LogP contribution in [0.4, 0.5) is 0 Å². The maximum absolute atomic E-state index is 3.64. The number of aryl methyl sites for hydroxylation is 2. The van der Waals surface area contributed by atoms with Crippen molar-refractivity contribution in [2.75, 3.05) is 0 Å². The van der Waals surface area contributed by atoms with Crippen LogP contribution in [0.2, 0.25) is 0 Å². The Morgan fingerprint density at radius 3 is 1.03 bits per heavy atom. The Bertz CT molecular complexity index is 3490. The standard InChI is InChI=1S/C62H48N6/c1-5-17-55-45(11-1)37-49(63-55)25-21-41-33-53(29-27-51-39-47-13-3-7-19-57(47)65-51)67-31-9-15-43-23-24-44-16-10-32-68-54(30-28-52-40-48-14-4-8-20-58(48)66-52)34-42(36-60(68)62(44)61(43)59(67)35-41)22-26-50-38-46-12-2-6-18-56(46)64-50/h1-8,11-14,17-30,33-40H,9-10,15-16,31-32H2,(H2,63,64,65,66)/p+2. The molecule has 326 valence electrons. The van der Waals surface area contributed by atoms with Gasteiger partial charge in [0.15, 0.2) is 0 Å². The second kappa shape index (κ2) is 16.7. The number of pyridine rings is 2. The molecule has 0 bridgehead atoms. The zero-order chi connectivity index (χ0) is 45.0. The predicted octanol–water partition coefficient (Wildman–Crippen LogP) is 14.1. The van der Waals surface area contributed by atoms with Crippen molar-refractivity contribution in [3.8, 4) is 22.5 Å². The summed E-state index contributed by atoms with van der Waals surface area (Å²) in [5.41, 5.74) is 21.6. The molecule has 0 aliphatic carbocycles. The number of nitrogens with zero attached hydrogens (tertiary/aromatic N) is 2. The van der Waals surface area contributed by atoms with Crippen molar-refractivity contribution in [3.05, 3.63) is 214 Å². The molecule has 6 nitrogen and oxygen atoms in total. The number of H-pyrrole nitrogens is 4. The zero-order valence-corrected chi connectivity index (χ0v) is 37.8. The highest BCUT2D eigenvalue weighted by molar-refractivity contribution is 5.90. The topological polar surface area (TPSA) is 70.9 Å². The SMILES string of the molecule is C(=C\c1cc2ccccc2[nH]1)/c1cc(/C=C/c2cc3ccccc3[nH]2)[n+]2c(c1)-c1c(ccc3c1-c1cc(/C=C/c4cc5ccccc5[nH]4)cc(/C=C/c4cc5ccccc5[nH]4)[n+]1CCC3)CCC2. The van der Waals surface area contributed by atoms with Crippen LogP contribution >= 0.6 is 0 Å². The van der Waals surface area contributed by atoms with Crippen molar-refractivity contribution in [2.45, 2.75) is 38.8 Å². The average molecular weight is 879 g/mol. The lowest BCUT2D eigenvalue weighted by atomic mass is 9.88. The summed E-state index contributed by atoms with van der Waals surface area (Å²) in [6, 6.07) is 57.4. The molecule has 0 saturated heterocycles. The van der Waals surface area contributed by atoms with Gasteiger partial charge in [0.1, 0.15) is 13.1 Å². The summed E-state index contributed by atoms with van der Waals surface area (Å²) in [5, 5.41) is 4.86. The largest absolute Gasteiger partial charge is 0.355 e. The van der Waals surface area contributed by atoms with E-state index in [2.05, 4.69) is 235 Å². The van der Waals surface area contributed by atoms with Gasteiger partial charge in [-0.1, -0.05) is 97.1 Å². The fourth-order valence-corrected chi connectivity index (χ4v) is 10.7. The first-order valence-corrected chi connectivity index (χ1v) is 24.0. The molecule has 0 spiro atoms. The molecule has 4 N–H and O–H groups in total. The van der Waals surface area contributed by atoms with Gasteiger partial charge in [-0.25, -0.2) is 0 Å². The predicted molar refractivity (Wildman–Crippen MR) is 283 cm³/mol. The van der Waals surface area contributed by atoms with Crippen LogP contribution in [0.1, 0.15) is 69.3 Å². The number of aromatic amines is 4. The Morgan fingerprint density at radius 1 is 0.338 bits per heavy atom. The van der Waals surface area contributed by atoms with Crippen molar-refractivity contribution in [1.82, 2.24) is 19.9 Å². The maximum Gasteiger partial charge on any atom is 0.214 e. The highest BCUT2D eigenvalue weighted by atomic mass is 15.0. The summed E-state index contributed by atoms with van der Waals surface area (Å²) < 4.78 is 5.16. The number of benzene rings is 5. The minimum atomic E-state index is 0.920. The molecule has 6 aromatic heterocycles. The summed E-state index contributed by atoms with van der Waals surface area (Å²) in [6.45, 7) is 1.84. The molecule has 6 heteroatoms. The summed E-state index contributed by atoms with van der Waals surface area (Å²) in [6.07, 6.45) is 22.2. The summed E-state index contributed by atoms with van der Waals surface area (Å²) in [7, 11) is 0. The van der Waals surface area contributed by atoms with Crippen LogP contribution in [-0.2, 0) is 25.9 Å². The summed E-state index contributed by atoms with van der Waals surface area (Å²) in [4.78, 5) is 14.5. The van der Waals surface area contributed by atoms with Gasteiger partial charge < -0.3 is 19.9 Å². The molecule has 0 saturated carbocycles. The molecule has 8 heterocycles. The van der Waals surface area contributed by atoms with Gasteiger partial charge in [0.25, 0.3) is 0 Å². The molecule has 11 aromatic rings. The third kappa shape index (κ3) is 7.50. The van der Waals surface area contributed by atoms with E-state index in [1.807, 2.05) is 0 Å². The number of nitrogens with one attached hydrogen (secondary N) is 4. The molecule has 2 aliphatic rings. The number of hydrogen-bond acceptors (Lipinski definition) is 0. The van der Waals surface area contributed by atoms with Gasteiger partial charge in [0.05, 0.1) is 11.1 Å². The second-order valence-electron chi connectivity index (χ2n) is 18.4. The average Bonchev–Trinajstić information content (AvgIpc) is 4.14. The fourth-order valence-electron chi connectivity index (χ4n) is 10.7. The first-order chi connectivity index (χ1) is 33.6. The van der Waals surface area contributed by atoms with E-state index in [-0.39, 0.29) is 0 Å². The van der Waals surface area contributed by atoms with Crippen molar-refractivity contribution >= 4 is 92.2 Å². The van der Waals surface area contributed by atoms with Crippen molar-refractivity contribution in [3.63, 3.8) is 0 Å². The van der Waals surface area contributed by atoms with E-state index in [1.165, 1.54) is 66.6 Å². The highest BCUT2D eigenvalue weighted by Crippen LogP contribution is 2.40.